The molecule has 0 aromatic heterocycles. The molecule has 0 bridgehead atoms. The molecule has 2 aromatic rings. The van der Waals surface area contributed by atoms with Gasteiger partial charge in [-0.1, -0.05) is 28.7 Å². The summed E-state index contributed by atoms with van der Waals surface area (Å²) in [4.78, 5) is 40.1. The van der Waals surface area contributed by atoms with Crippen molar-refractivity contribution in [2.24, 2.45) is 5.92 Å². The molecule has 0 saturated heterocycles. The number of phenolic OH excluding ortho intramolecular Hbond substituents is 1. The first-order valence-corrected chi connectivity index (χ1v) is 11.1. The number of rotatable bonds is 3. The van der Waals surface area contributed by atoms with Crippen LogP contribution < -0.4 is 0 Å². The van der Waals surface area contributed by atoms with Gasteiger partial charge in [0.05, 0.1) is 5.56 Å². The monoisotopic (exact) mass is 419 g/mol. The SMILES string of the molecule is CC(=O)C1=CC2=[SH+](c3cc(C)c(O)c(C)c3)c3cc(C(C)=O)ccc3C(=O)C2C=C1. The summed E-state index contributed by atoms with van der Waals surface area (Å²) in [7, 11) is -1.15. The van der Waals surface area contributed by atoms with Gasteiger partial charge in [0.15, 0.2) is 17.3 Å². The van der Waals surface area contributed by atoms with E-state index in [9.17, 15) is 19.5 Å². The van der Waals surface area contributed by atoms with Gasteiger partial charge in [-0.3, -0.25) is 14.4 Å². The zero-order valence-electron chi connectivity index (χ0n) is 17.3. The second-order valence-electron chi connectivity index (χ2n) is 7.83. The smallest absolute Gasteiger partial charge is 0.183 e. The van der Waals surface area contributed by atoms with Crippen LogP contribution in [0.3, 0.4) is 0 Å². The fourth-order valence-corrected chi connectivity index (χ4v) is 6.98. The summed E-state index contributed by atoms with van der Waals surface area (Å²) < 4.78 is 0. The third kappa shape index (κ3) is 3.19. The number of thiol groups is 1. The first kappa shape index (κ1) is 20.2. The maximum absolute atomic E-state index is 13.3. The second kappa shape index (κ2) is 7.33. The van der Waals surface area contributed by atoms with Gasteiger partial charge in [0.1, 0.15) is 26.3 Å². The molecule has 2 unspecified atom stereocenters. The number of carbonyl (C=O) groups excluding carboxylic acids is 3. The molecule has 2 aliphatic rings. The van der Waals surface area contributed by atoms with Crippen molar-refractivity contribution < 1.29 is 19.5 Å². The van der Waals surface area contributed by atoms with Gasteiger partial charge in [-0.25, -0.2) is 0 Å². The largest absolute Gasteiger partial charge is 0.507 e. The molecule has 0 fully saturated rings. The van der Waals surface area contributed by atoms with Crippen molar-refractivity contribution in [2.45, 2.75) is 37.5 Å². The van der Waals surface area contributed by atoms with Crippen LogP contribution in [0.2, 0.25) is 0 Å². The predicted molar refractivity (Wildman–Crippen MR) is 120 cm³/mol. The van der Waals surface area contributed by atoms with Gasteiger partial charge >= 0.3 is 0 Å². The lowest BCUT2D eigenvalue weighted by atomic mass is 9.88. The molecule has 0 amide bonds. The summed E-state index contributed by atoms with van der Waals surface area (Å²) in [6, 6.07) is 9.16. The van der Waals surface area contributed by atoms with Gasteiger partial charge in [0.25, 0.3) is 0 Å². The molecule has 2 aromatic carbocycles. The van der Waals surface area contributed by atoms with Crippen LogP contribution in [0.15, 0.2) is 63.9 Å². The molecule has 5 heteroatoms. The number of ketones is 3. The van der Waals surface area contributed by atoms with Gasteiger partial charge in [0.2, 0.25) is 0 Å². The van der Waals surface area contributed by atoms with Crippen LogP contribution in [0.5, 0.6) is 5.75 Å². The van der Waals surface area contributed by atoms with Crippen LogP contribution in [0.4, 0.5) is 0 Å². The summed E-state index contributed by atoms with van der Waals surface area (Å²) in [5.41, 5.74) is 3.26. The van der Waals surface area contributed by atoms with Gasteiger partial charge in [-0.15, -0.1) is 0 Å². The molecule has 4 nitrogen and oxygen atoms in total. The third-order valence-electron chi connectivity index (χ3n) is 5.68. The lowest BCUT2D eigenvalue weighted by Gasteiger charge is -2.25. The molecule has 4 rings (SSSR count). The Balaban J connectivity index is 2.11. The highest BCUT2D eigenvalue weighted by molar-refractivity contribution is 7.97. The lowest BCUT2D eigenvalue weighted by molar-refractivity contribution is -0.113. The number of aromatic hydroxyl groups is 1. The van der Waals surface area contributed by atoms with Crippen LogP contribution in [-0.2, 0) is 15.3 Å². The molecule has 1 aliphatic carbocycles. The Kier molecular flexibility index (Phi) is 4.94. The Morgan fingerprint density at radius 2 is 1.67 bits per heavy atom. The maximum atomic E-state index is 13.3. The fourth-order valence-electron chi connectivity index (χ4n) is 4.04. The highest BCUT2D eigenvalue weighted by Crippen LogP contribution is 2.37. The first-order chi connectivity index (χ1) is 14.2. The summed E-state index contributed by atoms with van der Waals surface area (Å²) in [5, 5.41) is 10.3. The van der Waals surface area contributed by atoms with Crippen molar-refractivity contribution >= 4 is 32.7 Å². The number of benzene rings is 2. The van der Waals surface area contributed by atoms with E-state index in [2.05, 4.69) is 0 Å². The normalized spacial score (nSPS) is 19.8. The number of fused-ring (bicyclic) bond motifs is 2. The molecule has 0 spiro atoms. The highest BCUT2D eigenvalue weighted by Gasteiger charge is 2.39. The summed E-state index contributed by atoms with van der Waals surface area (Å²) >= 11 is 0. The van der Waals surface area contributed by atoms with E-state index in [0.29, 0.717) is 16.7 Å². The second-order valence-corrected chi connectivity index (χ2v) is 10.0. The number of hydrogen-bond acceptors (Lipinski definition) is 4. The number of Topliss-reactive ketones (excluding diaryl/α,β-unsaturated/α-hetero) is 3. The maximum Gasteiger partial charge on any atom is 0.183 e. The zero-order chi connectivity index (χ0) is 21.7. The number of allylic oxidation sites excluding steroid dienone is 4. The van der Waals surface area contributed by atoms with E-state index in [1.54, 1.807) is 18.2 Å². The highest BCUT2D eigenvalue weighted by atomic mass is 32.2. The summed E-state index contributed by atoms with van der Waals surface area (Å²) in [6.45, 7) is 6.73. The molecule has 0 saturated carbocycles. The van der Waals surface area contributed by atoms with E-state index in [-0.39, 0.29) is 23.1 Å². The minimum absolute atomic E-state index is 0.0174. The lowest BCUT2D eigenvalue weighted by Crippen LogP contribution is -2.33. The minimum atomic E-state index is -1.15. The van der Waals surface area contributed by atoms with Crippen molar-refractivity contribution in [1.29, 1.82) is 0 Å². The van der Waals surface area contributed by atoms with E-state index in [4.69, 9.17) is 0 Å². The number of aryl methyl sites for hydroxylation is 2. The molecule has 2 atom stereocenters. The van der Waals surface area contributed by atoms with E-state index in [1.165, 1.54) is 13.8 Å². The fraction of sp³-hybridized carbons (Fsp3) is 0.200. The molecule has 1 heterocycles. The van der Waals surface area contributed by atoms with Crippen LogP contribution in [0, 0.1) is 19.8 Å². The molecular weight excluding hydrogens is 396 g/mol. The van der Waals surface area contributed by atoms with E-state index in [0.717, 1.165) is 25.8 Å². The number of carbonyl (C=O) groups is 3. The molecule has 0 radical (unpaired) electrons. The minimum Gasteiger partial charge on any atom is -0.507 e. The molecule has 1 N–H and O–H groups in total. The van der Waals surface area contributed by atoms with Crippen LogP contribution >= 0.6 is 0 Å². The van der Waals surface area contributed by atoms with Gasteiger partial charge in [0, 0.05) is 17.2 Å². The van der Waals surface area contributed by atoms with E-state index >= 15 is 0 Å². The van der Waals surface area contributed by atoms with Crippen molar-refractivity contribution in [3.63, 3.8) is 0 Å². The molecule has 1 aliphatic heterocycles. The van der Waals surface area contributed by atoms with Crippen LogP contribution in [0.1, 0.15) is 45.7 Å². The number of hydrogen-bond donors (Lipinski definition) is 1. The Morgan fingerprint density at radius 1 is 1.00 bits per heavy atom. The third-order valence-corrected chi connectivity index (χ3v) is 8.23. The predicted octanol–water partition coefficient (Wildman–Crippen LogP) is 4.05. The Morgan fingerprint density at radius 3 is 2.27 bits per heavy atom. The molecule has 152 valence electrons. The van der Waals surface area contributed by atoms with Crippen LogP contribution in [-0.4, -0.2) is 27.3 Å². The summed E-state index contributed by atoms with van der Waals surface area (Å²) in [5.74, 6) is -0.306. The van der Waals surface area contributed by atoms with Gasteiger partial charge in [-0.2, -0.15) is 0 Å². The standard InChI is InChI=1S/C25H22O4S/c1-13-9-19(10-14(2)24(13)28)30-22-11-17(15(3)26)5-7-20(22)25(29)21-8-6-18(16(4)27)12-23(21)30/h5-12,20,28H,1-4H3/p+1. The molecule has 30 heavy (non-hydrogen) atoms. The Hall–Kier alpha value is -3.05. The van der Waals surface area contributed by atoms with Gasteiger partial charge in [-0.05, 0) is 63.1 Å². The van der Waals surface area contributed by atoms with Crippen LogP contribution in [0.25, 0.3) is 0 Å². The van der Waals surface area contributed by atoms with E-state index in [1.807, 2.05) is 44.2 Å². The topological polar surface area (TPSA) is 71.4 Å². The number of phenols is 1. The Labute approximate surface area is 177 Å². The van der Waals surface area contributed by atoms with Gasteiger partial charge < -0.3 is 5.11 Å². The Bertz CT molecular complexity index is 1220. The molecular formula is C25H23O4S+. The van der Waals surface area contributed by atoms with E-state index < -0.39 is 16.4 Å². The zero-order valence-corrected chi connectivity index (χ0v) is 18.2. The van der Waals surface area contributed by atoms with Crippen molar-refractivity contribution in [3.05, 3.63) is 76.4 Å². The van der Waals surface area contributed by atoms with Crippen molar-refractivity contribution in [1.82, 2.24) is 0 Å². The first-order valence-electron chi connectivity index (χ1n) is 9.76. The average Bonchev–Trinajstić information content (AvgIpc) is 2.71. The quantitative estimate of drug-likeness (QED) is 0.353. The average molecular weight is 420 g/mol. The van der Waals surface area contributed by atoms with Crippen molar-refractivity contribution in [2.75, 3.05) is 0 Å². The summed E-state index contributed by atoms with van der Waals surface area (Å²) in [6.07, 6.45) is 5.38. The van der Waals surface area contributed by atoms with Crippen molar-refractivity contribution in [3.8, 4) is 5.75 Å².